The predicted molar refractivity (Wildman–Crippen MR) is 84.8 cm³/mol. The number of carboxylic acids is 1. The quantitative estimate of drug-likeness (QED) is 0.675. The Hall–Kier alpha value is -1.89. The molecule has 22 heavy (non-hydrogen) atoms. The van der Waals surface area contributed by atoms with Gasteiger partial charge in [-0.15, -0.1) is 11.3 Å². The van der Waals surface area contributed by atoms with E-state index < -0.39 is 11.9 Å². The normalized spacial score (nSPS) is 11.3. The minimum atomic E-state index is -1.25. The zero-order chi connectivity index (χ0) is 16.3. The van der Waals surface area contributed by atoms with Crippen molar-refractivity contribution in [2.45, 2.75) is 6.92 Å². The summed E-state index contributed by atoms with van der Waals surface area (Å²) in [4.78, 5) is 23.4. The molecule has 0 unspecified atom stereocenters. The molecule has 1 heterocycles. The molecule has 114 valence electrons. The lowest BCUT2D eigenvalue weighted by Crippen LogP contribution is -2.20. The minimum Gasteiger partial charge on any atom is -0.544 e. The Morgan fingerprint density at radius 3 is 2.50 bits per heavy atom. The van der Waals surface area contributed by atoms with Gasteiger partial charge in [0, 0.05) is 5.02 Å². The van der Waals surface area contributed by atoms with E-state index in [-0.39, 0.29) is 15.5 Å². The maximum atomic E-state index is 12.0. The van der Waals surface area contributed by atoms with E-state index in [0.717, 1.165) is 11.3 Å². The fraction of sp³-hybridized carbons (Fsp3) is 0.0714. The van der Waals surface area contributed by atoms with E-state index in [0.29, 0.717) is 15.6 Å². The number of nitrogens with zero attached hydrogens (tertiary/aromatic N) is 1. The van der Waals surface area contributed by atoms with Crippen molar-refractivity contribution in [2.24, 2.45) is 5.10 Å². The number of rotatable bonds is 4. The number of carbonyl (C=O) groups is 2. The standard InChI is InChI=1S/C14H10Cl2N2O3S/c1-7(11-4-5-12(22-11)14(20)21)17-18-13(19)9-6-8(15)2-3-10(9)16/h2-6H,1H3,(H,18,19)(H,20,21)/p-1/b17-7-. The monoisotopic (exact) mass is 355 g/mol. The lowest BCUT2D eigenvalue weighted by molar-refractivity contribution is -0.254. The molecule has 0 aliphatic rings. The fourth-order valence-electron chi connectivity index (χ4n) is 1.56. The summed E-state index contributed by atoms with van der Waals surface area (Å²) in [5.74, 6) is -1.76. The number of halogens is 2. The summed E-state index contributed by atoms with van der Waals surface area (Å²) < 4.78 is 0. The molecule has 2 aromatic rings. The van der Waals surface area contributed by atoms with Gasteiger partial charge >= 0.3 is 0 Å². The first-order chi connectivity index (χ1) is 10.4. The predicted octanol–water partition coefficient (Wildman–Crippen LogP) is 2.57. The fourth-order valence-corrected chi connectivity index (χ4v) is 2.72. The third kappa shape index (κ3) is 3.85. The molecule has 0 bridgehead atoms. The van der Waals surface area contributed by atoms with Crippen LogP contribution in [0.5, 0.6) is 0 Å². The number of benzene rings is 1. The van der Waals surface area contributed by atoms with Gasteiger partial charge in [-0.25, -0.2) is 5.43 Å². The van der Waals surface area contributed by atoms with Crippen LogP contribution < -0.4 is 10.5 Å². The summed E-state index contributed by atoms with van der Waals surface area (Å²) in [7, 11) is 0. The van der Waals surface area contributed by atoms with Crippen molar-refractivity contribution in [1.82, 2.24) is 5.43 Å². The SMILES string of the molecule is C/C(=N/NC(=O)c1cc(Cl)ccc1Cl)c1ccc(C(=O)[O-])s1. The van der Waals surface area contributed by atoms with Gasteiger partial charge in [0.25, 0.3) is 5.91 Å². The van der Waals surface area contributed by atoms with Crippen molar-refractivity contribution in [1.29, 1.82) is 0 Å². The molecule has 0 radical (unpaired) electrons. The van der Waals surface area contributed by atoms with Gasteiger partial charge in [0.2, 0.25) is 0 Å². The molecule has 2 rings (SSSR count). The van der Waals surface area contributed by atoms with Crippen LogP contribution in [-0.2, 0) is 0 Å². The van der Waals surface area contributed by atoms with Crippen LogP contribution in [0, 0.1) is 0 Å². The second kappa shape index (κ2) is 6.91. The molecule has 1 amide bonds. The van der Waals surface area contributed by atoms with Crippen LogP contribution in [0.2, 0.25) is 10.0 Å². The van der Waals surface area contributed by atoms with Crippen LogP contribution in [0.15, 0.2) is 35.4 Å². The second-order valence-corrected chi connectivity index (χ2v) is 6.14. The molecule has 0 spiro atoms. The van der Waals surface area contributed by atoms with Crippen molar-refractivity contribution in [2.75, 3.05) is 0 Å². The zero-order valence-electron chi connectivity index (χ0n) is 11.2. The molecule has 1 aromatic carbocycles. The molecule has 0 aliphatic carbocycles. The van der Waals surface area contributed by atoms with E-state index in [2.05, 4.69) is 10.5 Å². The molecule has 1 aromatic heterocycles. The molecule has 0 saturated carbocycles. The smallest absolute Gasteiger partial charge is 0.272 e. The average Bonchev–Trinajstić information content (AvgIpc) is 2.97. The number of hydrogen-bond acceptors (Lipinski definition) is 5. The van der Waals surface area contributed by atoms with Crippen LogP contribution in [0.1, 0.15) is 31.8 Å². The Labute approximate surface area is 140 Å². The summed E-state index contributed by atoms with van der Waals surface area (Å²) in [5, 5.41) is 15.3. The Balaban J connectivity index is 2.14. The van der Waals surface area contributed by atoms with Crippen LogP contribution in [0.25, 0.3) is 0 Å². The number of hydrogen-bond donors (Lipinski definition) is 1. The van der Waals surface area contributed by atoms with E-state index in [4.69, 9.17) is 23.2 Å². The average molecular weight is 356 g/mol. The third-order valence-electron chi connectivity index (χ3n) is 2.66. The summed E-state index contributed by atoms with van der Waals surface area (Å²) in [6, 6.07) is 7.53. The largest absolute Gasteiger partial charge is 0.544 e. The Morgan fingerprint density at radius 1 is 1.18 bits per heavy atom. The van der Waals surface area contributed by atoms with E-state index in [1.807, 2.05) is 0 Å². The zero-order valence-corrected chi connectivity index (χ0v) is 13.6. The Morgan fingerprint density at radius 2 is 1.86 bits per heavy atom. The molecule has 1 N–H and O–H groups in total. The number of hydrazone groups is 1. The van der Waals surface area contributed by atoms with Crippen molar-refractivity contribution in [3.05, 3.63) is 55.7 Å². The lowest BCUT2D eigenvalue weighted by Gasteiger charge is -2.04. The topological polar surface area (TPSA) is 81.6 Å². The van der Waals surface area contributed by atoms with Crippen LogP contribution in [0.4, 0.5) is 0 Å². The summed E-state index contributed by atoms with van der Waals surface area (Å²) in [6.07, 6.45) is 0. The van der Waals surface area contributed by atoms with Gasteiger partial charge in [-0.3, -0.25) is 4.79 Å². The van der Waals surface area contributed by atoms with Gasteiger partial charge < -0.3 is 9.90 Å². The van der Waals surface area contributed by atoms with Gasteiger partial charge in [-0.1, -0.05) is 23.2 Å². The molecule has 0 fully saturated rings. The first-order valence-electron chi connectivity index (χ1n) is 5.99. The van der Waals surface area contributed by atoms with E-state index in [1.54, 1.807) is 19.1 Å². The molecular formula is C14H9Cl2N2O3S-. The van der Waals surface area contributed by atoms with E-state index >= 15 is 0 Å². The van der Waals surface area contributed by atoms with Crippen LogP contribution in [-0.4, -0.2) is 17.6 Å². The number of aromatic carboxylic acids is 1. The molecule has 0 aliphatic heterocycles. The third-order valence-corrected chi connectivity index (χ3v) is 4.40. The van der Waals surface area contributed by atoms with Crippen molar-refractivity contribution < 1.29 is 14.7 Å². The van der Waals surface area contributed by atoms with E-state index in [9.17, 15) is 14.7 Å². The van der Waals surface area contributed by atoms with Crippen molar-refractivity contribution in [3.8, 4) is 0 Å². The Kier molecular flexibility index (Phi) is 5.18. The first-order valence-corrected chi connectivity index (χ1v) is 7.57. The Bertz CT molecular complexity index is 771. The van der Waals surface area contributed by atoms with Gasteiger partial charge in [0.1, 0.15) is 0 Å². The maximum absolute atomic E-state index is 12.0. The number of amides is 1. The maximum Gasteiger partial charge on any atom is 0.272 e. The molecule has 8 heteroatoms. The number of carboxylic acid groups (broad SMARTS) is 1. The van der Waals surface area contributed by atoms with Gasteiger partial charge in [0.15, 0.2) is 0 Å². The summed E-state index contributed by atoms with van der Waals surface area (Å²) in [5.41, 5.74) is 3.02. The summed E-state index contributed by atoms with van der Waals surface area (Å²) >= 11 is 12.8. The molecular weight excluding hydrogens is 347 g/mol. The minimum absolute atomic E-state index is 0.0914. The molecule has 0 saturated heterocycles. The van der Waals surface area contributed by atoms with Gasteiger partial charge in [-0.2, -0.15) is 5.10 Å². The van der Waals surface area contributed by atoms with Crippen LogP contribution >= 0.6 is 34.5 Å². The summed E-state index contributed by atoms with van der Waals surface area (Å²) in [6.45, 7) is 1.64. The van der Waals surface area contributed by atoms with Crippen molar-refractivity contribution >= 4 is 52.1 Å². The second-order valence-electron chi connectivity index (χ2n) is 4.21. The van der Waals surface area contributed by atoms with Gasteiger partial charge in [0.05, 0.1) is 32.0 Å². The van der Waals surface area contributed by atoms with Crippen molar-refractivity contribution in [3.63, 3.8) is 0 Å². The number of thiophene rings is 1. The highest BCUT2D eigenvalue weighted by atomic mass is 35.5. The molecule has 5 nitrogen and oxygen atoms in total. The number of carbonyl (C=O) groups excluding carboxylic acids is 2. The highest BCUT2D eigenvalue weighted by Gasteiger charge is 2.11. The molecule has 0 atom stereocenters. The van der Waals surface area contributed by atoms with E-state index in [1.165, 1.54) is 18.2 Å². The number of nitrogens with one attached hydrogen (secondary N) is 1. The first kappa shape index (κ1) is 16.5. The van der Waals surface area contributed by atoms with Gasteiger partial charge in [-0.05, 0) is 37.3 Å². The highest BCUT2D eigenvalue weighted by molar-refractivity contribution is 7.15. The highest BCUT2D eigenvalue weighted by Crippen LogP contribution is 2.20. The lowest BCUT2D eigenvalue weighted by atomic mass is 10.2. The van der Waals surface area contributed by atoms with Crippen LogP contribution in [0.3, 0.4) is 0 Å².